The maximum Gasteiger partial charge on any atom is 0.208 e. The maximum atomic E-state index is 11.2. The zero-order valence-corrected chi connectivity index (χ0v) is 17.3. The van der Waals surface area contributed by atoms with Crippen LogP contribution in [0.1, 0.15) is 37.5 Å². The van der Waals surface area contributed by atoms with E-state index in [1.54, 1.807) is 0 Å². The summed E-state index contributed by atoms with van der Waals surface area (Å²) in [6.07, 6.45) is 1.72. The highest BCUT2D eigenvalue weighted by Gasteiger charge is 2.20. The van der Waals surface area contributed by atoms with Crippen molar-refractivity contribution in [2.45, 2.75) is 45.3 Å². The van der Waals surface area contributed by atoms with Crippen LogP contribution in [-0.2, 0) is 28.5 Å². The van der Waals surface area contributed by atoms with Crippen molar-refractivity contribution in [2.24, 2.45) is 5.73 Å². The molecular weight excluding hydrogens is 360 g/mol. The molecule has 0 amide bonds. The highest BCUT2D eigenvalue weighted by molar-refractivity contribution is 7.88. The molecule has 6 heteroatoms. The van der Waals surface area contributed by atoms with Crippen LogP contribution in [0.3, 0.4) is 0 Å². The summed E-state index contributed by atoms with van der Waals surface area (Å²) >= 11 is 0. The molecule has 0 aliphatic heterocycles. The molecule has 27 heavy (non-hydrogen) atoms. The minimum atomic E-state index is -3.23. The van der Waals surface area contributed by atoms with Crippen LogP contribution in [0.5, 0.6) is 5.75 Å². The van der Waals surface area contributed by atoms with Gasteiger partial charge < -0.3 is 10.5 Å². The predicted molar refractivity (Wildman–Crippen MR) is 110 cm³/mol. The molecule has 0 bridgehead atoms. The molecule has 0 aliphatic rings. The second-order valence-electron chi connectivity index (χ2n) is 7.94. The molecule has 2 rings (SSSR count). The van der Waals surface area contributed by atoms with Crippen LogP contribution in [0, 0.1) is 0 Å². The Labute approximate surface area is 163 Å². The Bertz CT molecular complexity index is 843. The number of nitrogens with one attached hydrogen (secondary N) is 1. The Morgan fingerprint density at radius 3 is 2.33 bits per heavy atom. The molecule has 3 N–H and O–H groups in total. The van der Waals surface area contributed by atoms with Gasteiger partial charge in [0, 0.05) is 12.6 Å². The van der Waals surface area contributed by atoms with Crippen molar-refractivity contribution in [3.63, 3.8) is 0 Å². The lowest BCUT2D eigenvalue weighted by atomic mass is 9.84. The van der Waals surface area contributed by atoms with Gasteiger partial charge in [0.25, 0.3) is 0 Å². The standard InChI is InChI=1S/C21H30N2O3S/c1-21(2,3)19-13-17(12-18(22)14-23-27(4,24)25)10-11-20(19)26-15-16-8-6-5-7-9-16/h5-11,13,18,23H,12,14-15,22H2,1-4H3. The highest BCUT2D eigenvalue weighted by atomic mass is 32.2. The van der Waals surface area contributed by atoms with Crippen LogP contribution in [-0.4, -0.2) is 27.3 Å². The Morgan fingerprint density at radius 1 is 1.07 bits per heavy atom. The molecule has 0 aromatic heterocycles. The van der Waals surface area contributed by atoms with E-state index < -0.39 is 10.0 Å². The molecule has 5 nitrogen and oxygen atoms in total. The largest absolute Gasteiger partial charge is 0.489 e. The second kappa shape index (κ2) is 8.87. The first kappa shape index (κ1) is 21.4. The lowest BCUT2D eigenvalue weighted by Crippen LogP contribution is -2.38. The lowest BCUT2D eigenvalue weighted by Gasteiger charge is -2.24. The van der Waals surface area contributed by atoms with Gasteiger partial charge >= 0.3 is 0 Å². The van der Waals surface area contributed by atoms with Gasteiger partial charge in [0.2, 0.25) is 10.0 Å². The van der Waals surface area contributed by atoms with Crippen LogP contribution in [0.25, 0.3) is 0 Å². The minimum absolute atomic E-state index is 0.0862. The average molecular weight is 391 g/mol. The monoisotopic (exact) mass is 390 g/mol. The minimum Gasteiger partial charge on any atom is -0.489 e. The zero-order chi connectivity index (χ0) is 20.1. The Hall–Kier alpha value is -1.89. The summed E-state index contributed by atoms with van der Waals surface area (Å²) in [7, 11) is -3.23. The maximum absolute atomic E-state index is 11.2. The topological polar surface area (TPSA) is 81.4 Å². The molecule has 0 radical (unpaired) electrons. The normalized spacial score (nSPS) is 13.4. The fourth-order valence-corrected chi connectivity index (χ4v) is 3.30. The van der Waals surface area contributed by atoms with Gasteiger partial charge in [0.1, 0.15) is 12.4 Å². The first-order chi connectivity index (χ1) is 12.5. The number of benzene rings is 2. The van der Waals surface area contributed by atoms with Crippen molar-refractivity contribution >= 4 is 10.0 Å². The summed E-state index contributed by atoms with van der Waals surface area (Å²) in [6, 6.07) is 15.9. The van der Waals surface area contributed by atoms with Gasteiger partial charge in [-0.2, -0.15) is 0 Å². The van der Waals surface area contributed by atoms with Gasteiger partial charge in [-0.15, -0.1) is 0 Å². The molecule has 0 saturated carbocycles. The van der Waals surface area contributed by atoms with E-state index >= 15 is 0 Å². The Morgan fingerprint density at radius 2 is 1.74 bits per heavy atom. The molecule has 1 atom stereocenters. The number of ether oxygens (including phenoxy) is 1. The number of rotatable bonds is 8. The van der Waals surface area contributed by atoms with Crippen molar-refractivity contribution in [3.8, 4) is 5.75 Å². The van der Waals surface area contributed by atoms with E-state index in [2.05, 4.69) is 31.6 Å². The average Bonchev–Trinajstić information content (AvgIpc) is 2.58. The SMILES string of the molecule is CC(C)(C)c1cc(CC(N)CNS(C)(=O)=O)ccc1OCc1ccccc1. The number of sulfonamides is 1. The van der Waals surface area contributed by atoms with Gasteiger partial charge in [-0.3, -0.25) is 0 Å². The molecule has 148 valence electrons. The number of hydrogen-bond donors (Lipinski definition) is 2. The van der Waals surface area contributed by atoms with Crippen molar-refractivity contribution in [3.05, 3.63) is 65.2 Å². The Balaban J connectivity index is 2.12. The van der Waals surface area contributed by atoms with E-state index in [9.17, 15) is 8.42 Å². The zero-order valence-electron chi connectivity index (χ0n) is 16.5. The van der Waals surface area contributed by atoms with Gasteiger partial charge in [-0.05, 0) is 34.6 Å². The van der Waals surface area contributed by atoms with Gasteiger partial charge in [-0.1, -0.05) is 63.2 Å². The molecule has 0 heterocycles. The molecule has 0 fully saturated rings. The van der Waals surface area contributed by atoms with Gasteiger partial charge in [0.15, 0.2) is 0 Å². The molecule has 2 aromatic rings. The third-order valence-corrected chi connectivity index (χ3v) is 4.89. The fourth-order valence-electron chi connectivity index (χ4n) is 2.78. The smallest absolute Gasteiger partial charge is 0.208 e. The molecule has 0 spiro atoms. The van der Waals surface area contributed by atoms with E-state index in [0.717, 1.165) is 28.7 Å². The second-order valence-corrected chi connectivity index (χ2v) is 9.77. The van der Waals surface area contributed by atoms with Crippen molar-refractivity contribution < 1.29 is 13.2 Å². The highest BCUT2D eigenvalue weighted by Crippen LogP contribution is 2.33. The van der Waals surface area contributed by atoms with E-state index in [0.29, 0.717) is 13.0 Å². The number of hydrogen-bond acceptors (Lipinski definition) is 4. The summed E-state index contributed by atoms with van der Waals surface area (Å²) < 4.78 is 31.0. The fraction of sp³-hybridized carbons (Fsp3) is 0.429. The predicted octanol–water partition coefficient (Wildman–Crippen LogP) is 2.98. The molecule has 0 saturated heterocycles. The summed E-state index contributed by atoms with van der Waals surface area (Å²) in [5.74, 6) is 0.859. The van der Waals surface area contributed by atoms with E-state index in [-0.39, 0.29) is 18.0 Å². The van der Waals surface area contributed by atoms with Crippen molar-refractivity contribution in [2.75, 3.05) is 12.8 Å². The van der Waals surface area contributed by atoms with E-state index in [1.807, 2.05) is 42.5 Å². The quantitative estimate of drug-likeness (QED) is 0.726. The third-order valence-electron chi connectivity index (χ3n) is 4.19. The summed E-state index contributed by atoms with van der Waals surface area (Å²) in [5, 5.41) is 0. The molecular formula is C21H30N2O3S. The van der Waals surface area contributed by atoms with Crippen LogP contribution in [0.4, 0.5) is 0 Å². The summed E-state index contributed by atoms with van der Waals surface area (Å²) in [4.78, 5) is 0. The first-order valence-electron chi connectivity index (χ1n) is 9.05. The van der Waals surface area contributed by atoms with Crippen LogP contribution in [0.15, 0.2) is 48.5 Å². The van der Waals surface area contributed by atoms with E-state index in [4.69, 9.17) is 10.5 Å². The van der Waals surface area contributed by atoms with Gasteiger partial charge in [0.05, 0.1) is 6.26 Å². The van der Waals surface area contributed by atoms with Crippen LogP contribution < -0.4 is 15.2 Å². The Kier molecular flexibility index (Phi) is 7.03. The van der Waals surface area contributed by atoms with Gasteiger partial charge in [-0.25, -0.2) is 13.1 Å². The summed E-state index contributed by atoms with van der Waals surface area (Å²) in [6.45, 7) is 7.17. The molecule has 1 unspecified atom stereocenters. The van der Waals surface area contributed by atoms with Crippen molar-refractivity contribution in [1.29, 1.82) is 0 Å². The molecule has 0 aliphatic carbocycles. The number of nitrogens with two attached hydrogens (primary N) is 1. The third kappa shape index (κ3) is 7.33. The summed E-state index contributed by atoms with van der Waals surface area (Å²) in [5.41, 5.74) is 9.30. The first-order valence-corrected chi connectivity index (χ1v) is 10.9. The van der Waals surface area contributed by atoms with E-state index in [1.165, 1.54) is 0 Å². The van der Waals surface area contributed by atoms with Crippen LogP contribution in [0.2, 0.25) is 0 Å². The molecule has 2 aromatic carbocycles. The van der Waals surface area contributed by atoms with Crippen molar-refractivity contribution in [1.82, 2.24) is 4.72 Å². The lowest BCUT2D eigenvalue weighted by molar-refractivity contribution is 0.297. The van der Waals surface area contributed by atoms with Crippen LogP contribution >= 0.6 is 0 Å².